The molecule has 1 aliphatic carbocycles. The highest BCUT2D eigenvalue weighted by Crippen LogP contribution is 2.31. The molecule has 1 aromatic rings. The smallest absolute Gasteiger partial charge is 0.191 e. The van der Waals surface area contributed by atoms with Gasteiger partial charge in [-0.3, -0.25) is 9.89 Å². The van der Waals surface area contributed by atoms with E-state index < -0.39 is 0 Å². The van der Waals surface area contributed by atoms with Crippen LogP contribution in [0.1, 0.15) is 57.1 Å². The Kier molecular flexibility index (Phi) is 7.18. The van der Waals surface area contributed by atoms with E-state index >= 15 is 0 Å². The van der Waals surface area contributed by atoms with Crippen molar-refractivity contribution in [2.24, 2.45) is 4.99 Å². The summed E-state index contributed by atoms with van der Waals surface area (Å²) in [5.41, 5.74) is 1.25. The molecular weight excluding hydrogens is 324 g/mol. The molecule has 1 aliphatic heterocycles. The van der Waals surface area contributed by atoms with E-state index in [4.69, 9.17) is 9.73 Å². The predicted octanol–water partition coefficient (Wildman–Crippen LogP) is 3.33. The molecule has 0 spiro atoms. The zero-order chi connectivity index (χ0) is 18.2. The lowest BCUT2D eigenvalue weighted by Crippen LogP contribution is -2.43. The van der Waals surface area contributed by atoms with Gasteiger partial charge in [-0.25, -0.2) is 0 Å². The van der Waals surface area contributed by atoms with Crippen molar-refractivity contribution in [3.63, 3.8) is 0 Å². The maximum atomic E-state index is 5.64. The normalized spacial score (nSPS) is 20.3. The van der Waals surface area contributed by atoms with Crippen molar-refractivity contribution in [1.29, 1.82) is 0 Å². The lowest BCUT2D eigenvalue weighted by atomic mass is 10.0. The van der Waals surface area contributed by atoms with E-state index in [2.05, 4.69) is 40.7 Å². The van der Waals surface area contributed by atoms with Crippen LogP contribution in [0.25, 0.3) is 0 Å². The van der Waals surface area contributed by atoms with Crippen LogP contribution in [0.15, 0.2) is 29.3 Å². The van der Waals surface area contributed by atoms with Crippen molar-refractivity contribution in [2.45, 2.75) is 57.5 Å². The van der Waals surface area contributed by atoms with Crippen LogP contribution in [0, 0.1) is 0 Å². The number of hydrogen-bond donors (Lipinski definition) is 2. The number of methoxy groups -OCH3 is 1. The molecule has 1 heterocycles. The fraction of sp³-hybridized carbons (Fsp3) is 0.667. The average molecular weight is 359 g/mol. The third-order valence-electron chi connectivity index (χ3n) is 5.54. The number of nitrogens with one attached hydrogen (secondary N) is 2. The molecule has 26 heavy (non-hydrogen) atoms. The molecule has 1 saturated carbocycles. The highest BCUT2D eigenvalue weighted by Gasteiger charge is 2.26. The second kappa shape index (κ2) is 9.81. The fourth-order valence-corrected chi connectivity index (χ4v) is 4.17. The number of likely N-dealkylation sites (tertiary alicyclic amines) is 1. The molecule has 2 N–H and O–H groups in total. The van der Waals surface area contributed by atoms with Gasteiger partial charge in [-0.15, -0.1) is 0 Å². The van der Waals surface area contributed by atoms with Crippen LogP contribution in [0.5, 0.6) is 5.75 Å². The monoisotopic (exact) mass is 358 g/mol. The predicted molar refractivity (Wildman–Crippen MR) is 108 cm³/mol. The minimum absolute atomic E-state index is 0.271. The van der Waals surface area contributed by atoms with E-state index in [1.165, 1.54) is 44.1 Å². The Morgan fingerprint density at radius 3 is 2.62 bits per heavy atom. The molecule has 5 heteroatoms. The summed E-state index contributed by atoms with van der Waals surface area (Å²) in [7, 11) is 1.76. The summed E-state index contributed by atoms with van der Waals surface area (Å²) in [5.74, 6) is 1.92. The van der Waals surface area contributed by atoms with E-state index in [1.54, 1.807) is 7.11 Å². The zero-order valence-corrected chi connectivity index (χ0v) is 16.3. The van der Waals surface area contributed by atoms with Crippen LogP contribution in [0.2, 0.25) is 0 Å². The summed E-state index contributed by atoms with van der Waals surface area (Å²) in [6, 6.07) is 9.24. The van der Waals surface area contributed by atoms with Crippen LogP contribution in [-0.2, 0) is 0 Å². The van der Waals surface area contributed by atoms with Gasteiger partial charge in [0.15, 0.2) is 5.96 Å². The third-order valence-corrected chi connectivity index (χ3v) is 5.54. The second-order valence-corrected chi connectivity index (χ2v) is 7.35. The van der Waals surface area contributed by atoms with Gasteiger partial charge in [0.05, 0.1) is 19.7 Å². The number of ether oxygens (including phenoxy) is 1. The minimum atomic E-state index is 0.271. The van der Waals surface area contributed by atoms with E-state index in [0.717, 1.165) is 37.9 Å². The summed E-state index contributed by atoms with van der Waals surface area (Å²) in [6.07, 6.45) is 7.72. The van der Waals surface area contributed by atoms with Gasteiger partial charge in [-0.1, -0.05) is 31.0 Å². The molecule has 1 aromatic carbocycles. The number of benzene rings is 1. The largest absolute Gasteiger partial charge is 0.496 e. The lowest BCUT2D eigenvalue weighted by molar-refractivity contribution is 0.245. The first kappa shape index (κ1) is 19.0. The first-order valence-electron chi connectivity index (χ1n) is 10.2. The Morgan fingerprint density at radius 1 is 1.19 bits per heavy atom. The summed E-state index contributed by atoms with van der Waals surface area (Å²) < 4.78 is 5.64. The molecule has 0 aromatic heterocycles. The molecule has 1 unspecified atom stereocenters. The Bertz CT molecular complexity index is 577. The van der Waals surface area contributed by atoms with E-state index in [-0.39, 0.29) is 6.04 Å². The number of para-hydroxylation sites is 1. The van der Waals surface area contributed by atoms with Gasteiger partial charge in [0.25, 0.3) is 0 Å². The molecule has 2 aliphatic rings. The summed E-state index contributed by atoms with van der Waals surface area (Å²) in [5, 5.41) is 7.06. The van der Waals surface area contributed by atoms with Crippen LogP contribution in [0.3, 0.4) is 0 Å². The maximum Gasteiger partial charge on any atom is 0.191 e. The van der Waals surface area contributed by atoms with Crippen molar-refractivity contribution in [1.82, 2.24) is 15.5 Å². The molecule has 144 valence electrons. The highest BCUT2D eigenvalue weighted by molar-refractivity contribution is 5.80. The quantitative estimate of drug-likeness (QED) is 0.580. The zero-order valence-electron chi connectivity index (χ0n) is 16.3. The van der Waals surface area contributed by atoms with Gasteiger partial charge in [-0.2, -0.15) is 0 Å². The van der Waals surface area contributed by atoms with Gasteiger partial charge < -0.3 is 15.4 Å². The van der Waals surface area contributed by atoms with E-state index in [9.17, 15) is 0 Å². The summed E-state index contributed by atoms with van der Waals surface area (Å²) in [4.78, 5) is 7.53. The van der Waals surface area contributed by atoms with E-state index in [0.29, 0.717) is 6.04 Å². The van der Waals surface area contributed by atoms with Crippen molar-refractivity contribution < 1.29 is 4.74 Å². The van der Waals surface area contributed by atoms with E-state index in [1.807, 2.05) is 6.07 Å². The SMILES string of the molecule is CCNC(=NCC(c1ccccc1OC)N1CCCC1)NC1CCCC1. The van der Waals surface area contributed by atoms with Crippen molar-refractivity contribution in [3.05, 3.63) is 29.8 Å². The first-order chi connectivity index (χ1) is 12.8. The van der Waals surface area contributed by atoms with Crippen LogP contribution >= 0.6 is 0 Å². The Balaban J connectivity index is 1.77. The van der Waals surface area contributed by atoms with Crippen LogP contribution in [0.4, 0.5) is 0 Å². The third kappa shape index (κ3) is 4.91. The number of rotatable bonds is 7. The van der Waals surface area contributed by atoms with Gasteiger partial charge >= 0.3 is 0 Å². The Labute approximate surface area is 158 Å². The molecule has 0 radical (unpaired) electrons. The number of hydrogen-bond acceptors (Lipinski definition) is 3. The molecule has 0 amide bonds. The van der Waals surface area contributed by atoms with Crippen molar-refractivity contribution in [3.8, 4) is 5.75 Å². The Morgan fingerprint density at radius 2 is 1.92 bits per heavy atom. The molecule has 2 fully saturated rings. The maximum absolute atomic E-state index is 5.64. The van der Waals surface area contributed by atoms with Gasteiger partial charge in [0, 0.05) is 18.2 Å². The fourth-order valence-electron chi connectivity index (χ4n) is 4.17. The summed E-state index contributed by atoms with van der Waals surface area (Å²) >= 11 is 0. The first-order valence-corrected chi connectivity index (χ1v) is 10.2. The number of guanidine groups is 1. The lowest BCUT2D eigenvalue weighted by Gasteiger charge is -2.28. The van der Waals surface area contributed by atoms with Gasteiger partial charge in [-0.05, 0) is 51.8 Å². The van der Waals surface area contributed by atoms with Crippen LogP contribution < -0.4 is 15.4 Å². The molecule has 5 nitrogen and oxygen atoms in total. The Hall–Kier alpha value is -1.75. The molecule has 1 atom stereocenters. The average Bonchev–Trinajstić information content (AvgIpc) is 3.36. The standard InChI is InChI=1S/C21H34N4O/c1-3-22-21(24-17-10-4-5-11-17)23-16-19(25-14-8-9-15-25)18-12-6-7-13-20(18)26-2/h6-7,12-13,17,19H,3-5,8-11,14-16H2,1-2H3,(H2,22,23,24). The highest BCUT2D eigenvalue weighted by atomic mass is 16.5. The van der Waals surface area contributed by atoms with Crippen LogP contribution in [-0.4, -0.2) is 50.2 Å². The van der Waals surface area contributed by atoms with Crippen molar-refractivity contribution in [2.75, 3.05) is 33.3 Å². The topological polar surface area (TPSA) is 48.9 Å². The molecule has 3 rings (SSSR count). The summed E-state index contributed by atoms with van der Waals surface area (Å²) in [6.45, 7) is 6.06. The number of aliphatic imine (C=N–C) groups is 1. The number of nitrogens with zero attached hydrogens (tertiary/aromatic N) is 2. The molecule has 1 saturated heterocycles. The molecule has 0 bridgehead atoms. The minimum Gasteiger partial charge on any atom is -0.496 e. The van der Waals surface area contributed by atoms with Gasteiger partial charge in [0.2, 0.25) is 0 Å². The van der Waals surface area contributed by atoms with Gasteiger partial charge in [0.1, 0.15) is 5.75 Å². The second-order valence-electron chi connectivity index (χ2n) is 7.35. The van der Waals surface area contributed by atoms with Crippen molar-refractivity contribution >= 4 is 5.96 Å². The molecular formula is C21H34N4O.